The Hall–Kier alpha value is -1.88. The van der Waals surface area contributed by atoms with Crippen molar-refractivity contribution in [2.24, 2.45) is 11.7 Å². The lowest BCUT2D eigenvalue weighted by atomic mass is 9.90. The minimum absolute atomic E-state index is 0.0285. The number of methoxy groups -OCH3 is 1. The third-order valence-electron chi connectivity index (χ3n) is 3.36. The van der Waals surface area contributed by atoms with Crippen molar-refractivity contribution in [1.29, 1.82) is 0 Å². The quantitative estimate of drug-likeness (QED) is 0.908. The predicted molar refractivity (Wildman–Crippen MR) is 77.5 cm³/mol. The van der Waals surface area contributed by atoms with E-state index in [4.69, 9.17) is 15.0 Å². The molecule has 0 spiro atoms. The van der Waals surface area contributed by atoms with Gasteiger partial charge in [-0.3, -0.25) is 0 Å². The average Bonchev–Trinajstić information content (AvgIpc) is 2.87. The van der Waals surface area contributed by atoms with Gasteiger partial charge in [0.1, 0.15) is 5.75 Å². The molecular formula is C15H21N3O2. The fraction of sp³-hybridized carbons (Fsp3) is 0.467. The van der Waals surface area contributed by atoms with Crippen molar-refractivity contribution in [3.8, 4) is 17.1 Å². The molecule has 5 heteroatoms. The Balaban J connectivity index is 2.27. The van der Waals surface area contributed by atoms with E-state index < -0.39 is 0 Å². The molecule has 2 rings (SSSR count). The number of hydrogen-bond acceptors (Lipinski definition) is 5. The summed E-state index contributed by atoms with van der Waals surface area (Å²) in [6.45, 7) is 6.17. The highest BCUT2D eigenvalue weighted by Gasteiger charge is 2.26. The fourth-order valence-corrected chi connectivity index (χ4v) is 2.35. The van der Waals surface area contributed by atoms with Gasteiger partial charge in [-0.2, -0.15) is 4.98 Å². The zero-order chi connectivity index (χ0) is 14.7. The Morgan fingerprint density at radius 3 is 2.30 bits per heavy atom. The number of rotatable bonds is 5. The van der Waals surface area contributed by atoms with E-state index in [0.29, 0.717) is 17.6 Å². The zero-order valence-electron chi connectivity index (χ0n) is 12.3. The molecule has 0 aliphatic carbocycles. The molecule has 108 valence electrons. The standard InChI is InChI=1S/C15H21N3O2/c1-9(2)13(10(3)16)15-17-14(18-20-15)11-5-7-12(19-4)8-6-11/h5-10,13H,16H2,1-4H3. The summed E-state index contributed by atoms with van der Waals surface area (Å²) < 4.78 is 10.5. The molecule has 0 aliphatic rings. The Bertz CT molecular complexity index is 539. The van der Waals surface area contributed by atoms with Crippen molar-refractivity contribution in [3.63, 3.8) is 0 Å². The molecule has 0 bridgehead atoms. The third kappa shape index (κ3) is 2.99. The molecule has 20 heavy (non-hydrogen) atoms. The lowest BCUT2D eigenvalue weighted by Crippen LogP contribution is -2.28. The summed E-state index contributed by atoms with van der Waals surface area (Å²) in [6, 6.07) is 7.53. The normalized spacial score (nSPS) is 14.3. The van der Waals surface area contributed by atoms with Crippen LogP contribution >= 0.6 is 0 Å². The van der Waals surface area contributed by atoms with Gasteiger partial charge in [0.2, 0.25) is 11.7 Å². The van der Waals surface area contributed by atoms with Crippen LogP contribution in [0.2, 0.25) is 0 Å². The van der Waals surface area contributed by atoms with Crippen LogP contribution in [0, 0.1) is 5.92 Å². The van der Waals surface area contributed by atoms with Crippen molar-refractivity contribution >= 4 is 0 Å². The number of nitrogens with zero attached hydrogens (tertiary/aromatic N) is 2. The summed E-state index contributed by atoms with van der Waals surface area (Å²) >= 11 is 0. The van der Waals surface area contributed by atoms with Crippen molar-refractivity contribution in [2.75, 3.05) is 7.11 Å². The van der Waals surface area contributed by atoms with Crippen LogP contribution in [-0.4, -0.2) is 23.3 Å². The van der Waals surface area contributed by atoms with Gasteiger partial charge in [0, 0.05) is 11.6 Å². The van der Waals surface area contributed by atoms with Gasteiger partial charge >= 0.3 is 0 Å². The number of aromatic nitrogens is 2. The molecule has 5 nitrogen and oxygen atoms in total. The molecule has 1 heterocycles. The fourth-order valence-electron chi connectivity index (χ4n) is 2.35. The van der Waals surface area contributed by atoms with E-state index in [1.54, 1.807) is 7.11 Å². The Labute approximate surface area is 119 Å². The molecule has 1 aromatic heterocycles. The van der Waals surface area contributed by atoms with Gasteiger partial charge in [0.15, 0.2) is 0 Å². The maximum atomic E-state index is 6.01. The number of hydrogen-bond donors (Lipinski definition) is 1. The molecule has 0 aliphatic heterocycles. The van der Waals surface area contributed by atoms with Gasteiger partial charge in [-0.25, -0.2) is 0 Å². The summed E-state index contributed by atoms with van der Waals surface area (Å²) in [5, 5.41) is 4.05. The highest BCUT2D eigenvalue weighted by Crippen LogP contribution is 2.28. The first-order valence-corrected chi connectivity index (χ1v) is 6.76. The van der Waals surface area contributed by atoms with Gasteiger partial charge in [0.05, 0.1) is 13.0 Å². The molecule has 2 atom stereocenters. The van der Waals surface area contributed by atoms with Crippen molar-refractivity contribution < 1.29 is 9.26 Å². The summed E-state index contributed by atoms with van der Waals surface area (Å²) in [6.07, 6.45) is 0. The SMILES string of the molecule is COc1ccc(-c2noc(C(C(C)C)C(C)N)n2)cc1. The first kappa shape index (κ1) is 14.5. The first-order chi connectivity index (χ1) is 9.52. The molecule has 2 aromatic rings. The smallest absolute Gasteiger partial charge is 0.231 e. The summed E-state index contributed by atoms with van der Waals surface area (Å²) in [5.41, 5.74) is 6.91. The lowest BCUT2D eigenvalue weighted by Gasteiger charge is -2.20. The van der Waals surface area contributed by atoms with Crippen LogP contribution in [0.4, 0.5) is 0 Å². The third-order valence-corrected chi connectivity index (χ3v) is 3.36. The second-order valence-electron chi connectivity index (χ2n) is 5.31. The molecule has 1 aromatic carbocycles. The molecule has 0 amide bonds. The van der Waals surface area contributed by atoms with E-state index in [1.807, 2.05) is 31.2 Å². The van der Waals surface area contributed by atoms with E-state index >= 15 is 0 Å². The van der Waals surface area contributed by atoms with Crippen molar-refractivity contribution in [3.05, 3.63) is 30.2 Å². The van der Waals surface area contributed by atoms with Gasteiger partial charge in [-0.15, -0.1) is 0 Å². The molecule has 0 fully saturated rings. The maximum Gasteiger partial charge on any atom is 0.231 e. The van der Waals surface area contributed by atoms with Crippen molar-refractivity contribution in [2.45, 2.75) is 32.7 Å². The Morgan fingerprint density at radius 1 is 1.15 bits per heavy atom. The molecule has 0 saturated heterocycles. The van der Waals surface area contributed by atoms with Gasteiger partial charge < -0.3 is 15.0 Å². The molecule has 2 N–H and O–H groups in total. The van der Waals surface area contributed by atoms with E-state index in [1.165, 1.54) is 0 Å². The second-order valence-corrected chi connectivity index (χ2v) is 5.31. The van der Waals surface area contributed by atoms with E-state index in [-0.39, 0.29) is 12.0 Å². The first-order valence-electron chi connectivity index (χ1n) is 6.76. The van der Waals surface area contributed by atoms with Gasteiger partial charge in [0.25, 0.3) is 0 Å². The van der Waals surface area contributed by atoms with Crippen LogP contribution in [0.25, 0.3) is 11.4 Å². The topological polar surface area (TPSA) is 74.2 Å². The van der Waals surface area contributed by atoms with Crippen LogP contribution in [0.15, 0.2) is 28.8 Å². The average molecular weight is 275 g/mol. The van der Waals surface area contributed by atoms with Crippen LogP contribution in [-0.2, 0) is 0 Å². The highest BCUT2D eigenvalue weighted by atomic mass is 16.5. The number of benzene rings is 1. The van der Waals surface area contributed by atoms with Gasteiger partial charge in [-0.05, 0) is 37.1 Å². The van der Waals surface area contributed by atoms with E-state index in [9.17, 15) is 0 Å². The zero-order valence-corrected chi connectivity index (χ0v) is 12.3. The van der Waals surface area contributed by atoms with E-state index in [2.05, 4.69) is 24.0 Å². The number of ether oxygens (including phenoxy) is 1. The number of nitrogens with two attached hydrogens (primary N) is 1. The Morgan fingerprint density at radius 2 is 1.80 bits per heavy atom. The van der Waals surface area contributed by atoms with Crippen LogP contribution in [0.5, 0.6) is 5.75 Å². The summed E-state index contributed by atoms with van der Waals surface area (Å²) in [7, 11) is 1.64. The summed E-state index contributed by atoms with van der Waals surface area (Å²) in [4.78, 5) is 4.48. The maximum absolute atomic E-state index is 6.01. The van der Waals surface area contributed by atoms with Crippen LogP contribution < -0.4 is 10.5 Å². The van der Waals surface area contributed by atoms with Gasteiger partial charge in [-0.1, -0.05) is 19.0 Å². The Kier molecular flexibility index (Phi) is 4.39. The van der Waals surface area contributed by atoms with Crippen molar-refractivity contribution in [1.82, 2.24) is 10.1 Å². The molecular weight excluding hydrogens is 254 g/mol. The highest BCUT2D eigenvalue weighted by molar-refractivity contribution is 5.55. The minimum Gasteiger partial charge on any atom is -0.497 e. The van der Waals surface area contributed by atoms with Crippen LogP contribution in [0.1, 0.15) is 32.6 Å². The summed E-state index contributed by atoms with van der Waals surface area (Å²) in [5.74, 6) is 2.39. The monoisotopic (exact) mass is 275 g/mol. The second kappa shape index (κ2) is 6.05. The molecule has 2 unspecified atom stereocenters. The van der Waals surface area contributed by atoms with E-state index in [0.717, 1.165) is 11.3 Å². The molecule has 0 radical (unpaired) electrons. The molecule has 0 saturated carbocycles. The lowest BCUT2D eigenvalue weighted by molar-refractivity contribution is 0.300. The van der Waals surface area contributed by atoms with Crippen LogP contribution in [0.3, 0.4) is 0 Å². The predicted octanol–water partition coefficient (Wildman–Crippen LogP) is 2.83. The largest absolute Gasteiger partial charge is 0.497 e. The minimum atomic E-state index is -0.0285.